The van der Waals surface area contributed by atoms with E-state index in [0.717, 1.165) is 21.4 Å². The zero-order valence-electron chi connectivity index (χ0n) is 18.7. The molecule has 1 aliphatic heterocycles. The van der Waals surface area contributed by atoms with Crippen LogP contribution >= 0.6 is 11.3 Å². The minimum atomic E-state index is -1.91. The van der Waals surface area contributed by atoms with Crippen molar-refractivity contribution in [1.29, 1.82) is 0 Å². The number of hydrogen-bond donors (Lipinski definition) is 1. The van der Waals surface area contributed by atoms with E-state index in [2.05, 4.69) is 20.1 Å². The smallest absolute Gasteiger partial charge is 0.316 e. The quantitative estimate of drug-likeness (QED) is 0.418. The lowest BCUT2D eigenvalue weighted by Gasteiger charge is -2.39. The van der Waals surface area contributed by atoms with E-state index < -0.39 is 23.3 Å². The lowest BCUT2D eigenvalue weighted by Crippen LogP contribution is -2.52. The highest BCUT2D eigenvalue weighted by Gasteiger charge is 2.46. The van der Waals surface area contributed by atoms with Gasteiger partial charge in [0, 0.05) is 39.3 Å². The number of aromatic nitrogens is 5. The van der Waals surface area contributed by atoms with Crippen LogP contribution in [0.15, 0.2) is 49.3 Å². The average molecular weight is 499 g/mol. The molecule has 2 atom stereocenters. The summed E-state index contributed by atoms with van der Waals surface area (Å²) in [6.07, 6.45) is 5.90. The van der Waals surface area contributed by atoms with Gasteiger partial charge in [0.2, 0.25) is 0 Å². The Morgan fingerprint density at radius 1 is 1.26 bits per heavy atom. The fourth-order valence-corrected chi connectivity index (χ4v) is 5.34. The number of carbonyl (C=O) groups is 1. The summed E-state index contributed by atoms with van der Waals surface area (Å²) < 4.78 is 34.8. The van der Waals surface area contributed by atoms with Crippen LogP contribution < -0.4 is 4.74 Å². The van der Waals surface area contributed by atoms with E-state index in [9.17, 15) is 18.7 Å². The second-order valence-corrected chi connectivity index (χ2v) is 9.29. The summed E-state index contributed by atoms with van der Waals surface area (Å²) in [5, 5.41) is 15.8. The lowest BCUT2D eigenvalue weighted by atomic mass is 9.85. The van der Waals surface area contributed by atoms with Crippen molar-refractivity contribution in [2.24, 2.45) is 0 Å². The maximum absolute atomic E-state index is 14.8. The molecule has 4 aromatic rings. The Hall–Kier alpha value is -3.77. The van der Waals surface area contributed by atoms with Crippen molar-refractivity contribution in [3.05, 3.63) is 77.0 Å². The number of carbonyl (C=O) groups excluding carboxylic acids is 1. The fourth-order valence-electron chi connectivity index (χ4n) is 4.21. The fraction of sp³-hybridized carbons (Fsp3) is 0.261. The molecule has 0 bridgehead atoms. The topological polar surface area (TPSA) is 106 Å². The summed E-state index contributed by atoms with van der Waals surface area (Å²) in [4.78, 5) is 28.6. The Labute approximate surface area is 202 Å². The molecular formula is C23H20F2N6O3S. The first kappa shape index (κ1) is 23.0. The monoisotopic (exact) mass is 498 g/mol. The molecule has 0 saturated heterocycles. The number of ether oxygens (including phenoxy) is 1. The van der Waals surface area contributed by atoms with Gasteiger partial charge in [-0.3, -0.25) is 4.79 Å². The van der Waals surface area contributed by atoms with Crippen molar-refractivity contribution in [2.45, 2.75) is 31.7 Å². The van der Waals surface area contributed by atoms with Crippen LogP contribution in [0.3, 0.4) is 0 Å². The minimum absolute atomic E-state index is 0.138. The van der Waals surface area contributed by atoms with Crippen molar-refractivity contribution < 1.29 is 23.4 Å². The number of hydrogen-bond acceptors (Lipinski definition) is 8. The summed E-state index contributed by atoms with van der Waals surface area (Å²) in [6, 6.07) is 4.09. The number of halogens is 2. The molecule has 180 valence electrons. The van der Waals surface area contributed by atoms with Gasteiger partial charge in [-0.15, -0.1) is 11.3 Å². The number of fused-ring (bicyclic) bond motifs is 1. The largest absolute Gasteiger partial charge is 0.467 e. The SMILES string of the molecule is COc1ncc(-c2cc3c(s2)CN([C@H](C)[C@](O)(Cn2cncn2)c2ccc(F)cc2F)C3=O)cn1. The van der Waals surface area contributed by atoms with E-state index in [1.165, 1.54) is 46.7 Å². The molecule has 12 heteroatoms. The highest BCUT2D eigenvalue weighted by Crippen LogP contribution is 2.41. The van der Waals surface area contributed by atoms with E-state index in [0.29, 0.717) is 11.6 Å². The molecule has 0 spiro atoms. The number of nitrogens with zero attached hydrogens (tertiary/aromatic N) is 6. The predicted molar refractivity (Wildman–Crippen MR) is 122 cm³/mol. The van der Waals surface area contributed by atoms with Gasteiger partial charge in [0.05, 0.1) is 31.8 Å². The Balaban J connectivity index is 1.46. The highest BCUT2D eigenvalue weighted by atomic mass is 32.1. The molecule has 1 N–H and O–H groups in total. The highest BCUT2D eigenvalue weighted by molar-refractivity contribution is 7.16. The van der Waals surface area contributed by atoms with Gasteiger partial charge in [-0.25, -0.2) is 28.4 Å². The third-order valence-corrected chi connectivity index (χ3v) is 7.30. The maximum atomic E-state index is 14.8. The van der Waals surface area contributed by atoms with Gasteiger partial charge in [-0.1, -0.05) is 6.07 Å². The second kappa shape index (κ2) is 8.78. The normalized spacial score (nSPS) is 15.7. The molecule has 35 heavy (non-hydrogen) atoms. The van der Waals surface area contributed by atoms with Gasteiger partial charge in [0.1, 0.15) is 29.9 Å². The van der Waals surface area contributed by atoms with Crippen LogP contribution in [0.2, 0.25) is 0 Å². The van der Waals surface area contributed by atoms with Crippen LogP contribution in [-0.2, 0) is 18.7 Å². The molecular weight excluding hydrogens is 478 g/mol. The van der Waals surface area contributed by atoms with Gasteiger partial charge in [-0.2, -0.15) is 5.10 Å². The molecule has 1 amide bonds. The van der Waals surface area contributed by atoms with Gasteiger partial charge >= 0.3 is 6.01 Å². The first-order valence-corrected chi connectivity index (χ1v) is 11.4. The van der Waals surface area contributed by atoms with Gasteiger partial charge < -0.3 is 14.7 Å². The molecule has 1 aromatic carbocycles. The summed E-state index contributed by atoms with van der Waals surface area (Å²) in [5.41, 5.74) is -0.813. The second-order valence-electron chi connectivity index (χ2n) is 8.16. The third-order valence-electron chi connectivity index (χ3n) is 6.14. The zero-order chi connectivity index (χ0) is 24.7. The summed E-state index contributed by atoms with van der Waals surface area (Å²) in [6.45, 7) is 1.66. The molecule has 0 aliphatic carbocycles. The summed E-state index contributed by atoms with van der Waals surface area (Å²) >= 11 is 1.41. The number of aliphatic hydroxyl groups is 1. The number of amides is 1. The van der Waals surface area contributed by atoms with Crippen LogP contribution in [0.25, 0.3) is 10.4 Å². The number of methoxy groups -OCH3 is 1. The summed E-state index contributed by atoms with van der Waals surface area (Å²) in [5.74, 6) is -1.98. The van der Waals surface area contributed by atoms with E-state index >= 15 is 0 Å². The molecule has 0 saturated carbocycles. The van der Waals surface area contributed by atoms with Crippen LogP contribution in [0.1, 0.15) is 27.7 Å². The first-order chi connectivity index (χ1) is 16.8. The predicted octanol–water partition coefficient (Wildman–Crippen LogP) is 3.02. The molecule has 5 rings (SSSR count). The van der Waals surface area contributed by atoms with E-state index in [-0.39, 0.29) is 30.6 Å². The van der Waals surface area contributed by atoms with Crippen molar-refractivity contribution >= 4 is 17.2 Å². The maximum Gasteiger partial charge on any atom is 0.316 e. The molecule has 0 unspecified atom stereocenters. The molecule has 0 radical (unpaired) electrons. The number of thiophene rings is 1. The molecule has 4 heterocycles. The molecule has 9 nitrogen and oxygen atoms in total. The van der Waals surface area contributed by atoms with Crippen LogP contribution in [-0.4, -0.2) is 53.8 Å². The van der Waals surface area contributed by atoms with Crippen molar-refractivity contribution in [2.75, 3.05) is 7.11 Å². The average Bonchev–Trinajstić information content (AvgIpc) is 3.57. The van der Waals surface area contributed by atoms with E-state index in [4.69, 9.17) is 4.74 Å². The van der Waals surface area contributed by atoms with Crippen LogP contribution in [0, 0.1) is 11.6 Å². The molecule has 1 aliphatic rings. The Morgan fingerprint density at radius 3 is 2.66 bits per heavy atom. The summed E-state index contributed by atoms with van der Waals surface area (Å²) in [7, 11) is 1.48. The van der Waals surface area contributed by atoms with Crippen molar-refractivity contribution in [3.8, 4) is 16.5 Å². The van der Waals surface area contributed by atoms with Gasteiger partial charge in [0.25, 0.3) is 5.91 Å². The third kappa shape index (κ3) is 4.04. The Bertz CT molecular complexity index is 1380. The van der Waals surface area contributed by atoms with Crippen LogP contribution in [0.5, 0.6) is 6.01 Å². The standard InChI is InChI=1S/C23H20F2N6O3S/c1-13(23(33,10-30-12-26-11-29-30)17-4-3-15(24)5-18(17)25)31-9-20-16(21(31)32)6-19(35-20)14-7-27-22(34-2)28-8-14/h3-8,11-13,33H,9-10H2,1-2H3/t13-,23-/m1/s1. The lowest BCUT2D eigenvalue weighted by molar-refractivity contribution is -0.0555. The van der Waals surface area contributed by atoms with E-state index in [1.54, 1.807) is 25.4 Å². The zero-order valence-corrected chi connectivity index (χ0v) is 19.5. The van der Waals surface area contributed by atoms with Crippen molar-refractivity contribution in [1.82, 2.24) is 29.6 Å². The van der Waals surface area contributed by atoms with Gasteiger partial charge in [0.15, 0.2) is 0 Å². The Morgan fingerprint density at radius 2 is 2.03 bits per heavy atom. The van der Waals surface area contributed by atoms with Gasteiger partial charge in [-0.05, 0) is 19.1 Å². The minimum Gasteiger partial charge on any atom is -0.467 e. The number of benzene rings is 1. The Kier molecular flexibility index (Phi) is 5.77. The number of rotatable bonds is 7. The van der Waals surface area contributed by atoms with Crippen molar-refractivity contribution in [3.63, 3.8) is 0 Å². The van der Waals surface area contributed by atoms with E-state index in [1.807, 2.05) is 0 Å². The molecule has 3 aromatic heterocycles. The molecule has 0 fully saturated rings. The first-order valence-electron chi connectivity index (χ1n) is 10.6. The van der Waals surface area contributed by atoms with Crippen LogP contribution in [0.4, 0.5) is 8.78 Å².